The summed E-state index contributed by atoms with van der Waals surface area (Å²) in [6.07, 6.45) is 1.22. The number of carbonyl (C=O) groups is 2. The van der Waals surface area contributed by atoms with E-state index in [0.717, 1.165) is 6.42 Å². The van der Waals surface area contributed by atoms with Crippen LogP contribution in [0.15, 0.2) is 0 Å². The lowest BCUT2D eigenvalue weighted by Gasteiger charge is -2.15. The first-order chi connectivity index (χ1) is 7.49. The van der Waals surface area contributed by atoms with Crippen molar-refractivity contribution < 1.29 is 9.59 Å². The van der Waals surface area contributed by atoms with Crippen LogP contribution >= 0.6 is 0 Å². The molecule has 94 valence electrons. The maximum Gasteiger partial charge on any atom is 0.237 e. The molecule has 0 radical (unpaired) electrons. The third kappa shape index (κ3) is 6.40. The quantitative estimate of drug-likeness (QED) is 0.574. The van der Waals surface area contributed by atoms with E-state index < -0.39 is 6.04 Å². The van der Waals surface area contributed by atoms with Crippen LogP contribution in [0.2, 0.25) is 0 Å². The normalized spacial score (nSPS) is 12.3. The van der Waals surface area contributed by atoms with Crippen LogP contribution in [0.1, 0.15) is 33.6 Å². The van der Waals surface area contributed by atoms with Crippen LogP contribution in [0.4, 0.5) is 0 Å². The maximum atomic E-state index is 11.4. The molecular weight excluding hydrogens is 206 g/mol. The van der Waals surface area contributed by atoms with Gasteiger partial charge in [0.05, 0.1) is 6.04 Å². The van der Waals surface area contributed by atoms with Gasteiger partial charge in [0.1, 0.15) is 0 Å². The fraction of sp³-hybridized carbons (Fsp3) is 0.818. The molecule has 0 aromatic rings. The highest BCUT2D eigenvalue weighted by Crippen LogP contribution is 1.97. The Kier molecular flexibility index (Phi) is 7.54. The highest BCUT2D eigenvalue weighted by molar-refractivity contribution is 5.82. The standard InChI is InChI=1S/C11H23N3O2/c1-4-6-13-9(15)5-7-14-11(16)10(12)8(2)3/h8,10H,4-7,12H2,1-3H3,(H,13,15)(H,14,16)/t10-/m0/s1. The van der Waals surface area contributed by atoms with Crippen LogP contribution in [-0.2, 0) is 9.59 Å². The number of hydrogen-bond acceptors (Lipinski definition) is 3. The van der Waals surface area contributed by atoms with Crippen molar-refractivity contribution in [3.8, 4) is 0 Å². The molecule has 0 unspecified atom stereocenters. The molecule has 2 amide bonds. The molecule has 0 heterocycles. The molecule has 5 nitrogen and oxygen atoms in total. The minimum absolute atomic E-state index is 0.0414. The maximum absolute atomic E-state index is 11.4. The number of nitrogens with one attached hydrogen (secondary N) is 2. The van der Waals surface area contributed by atoms with Gasteiger partial charge in [-0.3, -0.25) is 9.59 Å². The van der Waals surface area contributed by atoms with E-state index in [2.05, 4.69) is 10.6 Å². The van der Waals surface area contributed by atoms with Crippen LogP contribution in [-0.4, -0.2) is 30.9 Å². The summed E-state index contributed by atoms with van der Waals surface area (Å²) >= 11 is 0. The molecule has 0 fully saturated rings. The smallest absolute Gasteiger partial charge is 0.237 e. The van der Waals surface area contributed by atoms with E-state index in [1.165, 1.54) is 0 Å². The second kappa shape index (κ2) is 8.10. The molecule has 0 aliphatic heterocycles. The number of carbonyl (C=O) groups excluding carboxylic acids is 2. The molecule has 0 aromatic heterocycles. The van der Waals surface area contributed by atoms with Gasteiger partial charge < -0.3 is 16.4 Å². The number of nitrogens with two attached hydrogens (primary N) is 1. The first-order valence-corrected chi connectivity index (χ1v) is 5.79. The van der Waals surface area contributed by atoms with Crippen molar-refractivity contribution in [2.24, 2.45) is 11.7 Å². The summed E-state index contributed by atoms with van der Waals surface area (Å²) in [5, 5.41) is 5.38. The van der Waals surface area contributed by atoms with Gasteiger partial charge >= 0.3 is 0 Å². The van der Waals surface area contributed by atoms with Gasteiger partial charge in [0, 0.05) is 19.5 Å². The number of rotatable bonds is 7. The van der Waals surface area contributed by atoms with Gasteiger partial charge in [-0.25, -0.2) is 0 Å². The average Bonchev–Trinajstić information content (AvgIpc) is 2.24. The Morgan fingerprint density at radius 1 is 1.19 bits per heavy atom. The first-order valence-electron chi connectivity index (χ1n) is 5.79. The van der Waals surface area contributed by atoms with Gasteiger partial charge in [-0.05, 0) is 12.3 Å². The predicted molar refractivity (Wildman–Crippen MR) is 63.7 cm³/mol. The van der Waals surface area contributed by atoms with Crippen molar-refractivity contribution in [2.45, 2.75) is 39.7 Å². The predicted octanol–water partition coefficient (Wildman–Crippen LogP) is 0.00220. The van der Waals surface area contributed by atoms with Crippen LogP contribution in [0.25, 0.3) is 0 Å². The second-order valence-electron chi connectivity index (χ2n) is 4.16. The van der Waals surface area contributed by atoms with Crippen molar-refractivity contribution in [3.05, 3.63) is 0 Å². The average molecular weight is 229 g/mol. The second-order valence-corrected chi connectivity index (χ2v) is 4.16. The van der Waals surface area contributed by atoms with Crippen molar-refractivity contribution in [1.29, 1.82) is 0 Å². The molecule has 4 N–H and O–H groups in total. The molecule has 0 aromatic carbocycles. The molecule has 5 heteroatoms. The summed E-state index contributed by atoms with van der Waals surface area (Å²) in [6.45, 7) is 6.78. The van der Waals surface area contributed by atoms with E-state index in [-0.39, 0.29) is 17.7 Å². The monoisotopic (exact) mass is 229 g/mol. The molecular formula is C11H23N3O2. The molecule has 0 aliphatic carbocycles. The highest BCUT2D eigenvalue weighted by atomic mass is 16.2. The van der Waals surface area contributed by atoms with Gasteiger partial charge in [0.2, 0.25) is 11.8 Å². The Bertz CT molecular complexity index is 229. The molecule has 0 saturated heterocycles. The van der Waals surface area contributed by atoms with E-state index in [4.69, 9.17) is 5.73 Å². The summed E-state index contributed by atoms with van der Waals surface area (Å²) in [6, 6.07) is -0.501. The molecule has 0 rings (SSSR count). The zero-order valence-electron chi connectivity index (χ0n) is 10.4. The highest BCUT2D eigenvalue weighted by Gasteiger charge is 2.16. The Balaban J connectivity index is 3.65. The first kappa shape index (κ1) is 14.9. The third-order valence-corrected chi connectivity index (χ3v) is 2.24. The number of amides is 2. The zero-order chi connectivity index (χ0) is 12.6. The molecule has 0 aliphatic rings. The Morgan fingerprint density at radius 3 is 2.31 bits per heavy atom. The van der Waals surface area contributed by atoms with Gasteiger partial charge in [0.15, 0.2) is 0 Å². The van der Waals surface area contributed by atoms with Gasteiger partial charge in [-0.15, -0.1) is 0 Å². The van der Waals surface area contributed by atoms with Crippen molar-refractivity contribution in [2.75, 3.05) is 13.1 Å². The van der Waals surface area contributed by atoms with Crippen molar-refractivity contribution >= 4 is 11.8 Å². The minimum atomic E-state index is -0.501. The lowest BCUT2D eigenvalue weighted by Crippen LogP contribution is -2.44. The Hall–Kier alpha value is -1.10. The van der Waals surface area contributed by atoms with Crippen molar-refractivity contribution in [3.63, 3.8) is 0 Å². The van der Waals surface area contributed by atoms with Crippen LogP contribution in [0.5, 0.6) is 0 Å². The topological polar surface area (TPSA) is 84.2 Å². The van der Waals surface area contributed by atoms with Crippen LogP contribution < -0.4 is 16.4 Å². The van der Waals surface area contributed by atoms with E-state index in [9.17, 15) is 9.59 Å². The molecule has 16 heavy (non-hydrogen) atoms. The van der Waals surface area contributed by atoms with E-state index in [1.54, 1.807) is 0 Å². The van der Waals surface area contributed by atoms with Crippen LogP contribution in [0.3, 0.4) is 0 Å². The van der Waals surface area contributed by atoms with Gasteiger partial charge in [-0.1, -0.05) is 20.8 Å². The summed E-state index contributed by atoms with van der Waals surface area (Å²) in [5.74, 6) is -0.132. The lowest BCUT2D eigenvalue weighted by molar-refractivity contribution is -0.123. The van der Waals surface area contributed by atoms with Gasteiger partial charge in [0.25, 0.3) is 0 Å². The van der Waals surface area contributed by atoms with Gasteiger partial charge in [-0.2, -0.15) is 0 Å². The molecule has 0 saturated carbocycles. The zero-order valence-corrected chi connectivity index (χ0v) is 10.4. The molecule has 0 spiro atoms. The summed E-state index contributed by atoms with van der Waals surface area (Å²) in [5.41, 5.74) is 5.64. The minimum Gasteiger partial charge on any atom is -0.356 e. The van der Waals surface area contributed by atoms with Crippen LogP contribution in [0, 0.1) is 5.92 Å². The molecule has 0 bridgehead atoms. The fourth-order valence-corrected chi connectivity index (χ4v) is 1.07. The summed E-state index contributed by atoms with van der Waals surface area (Å²) < 4.78 is 0. The lowest BCUT2D eigenvalue weighted by atomic mass is 10.1. The largest absolute Gasteiger partial charge is 0.356 e. The fourth-order valence-electron chi connectivity index (χ4n) is 1.07. The van der Waals surface area contributed by atoms with E-state index in [0.29, 0.717) is 19.5 Å². The summed E-state index contributed by atoms with van der Waals surface area (Å²) in [7, 11) is 0. The Morgan fingerprint density at radius 2 is 1.81 bits per heavy atom. The van der Waals surface area contributed by atoms with Crippen molar-refractivity contribution in [1.82, 2.24) is 10.6 Å². The van der Waals surface area contributed by atoms with E-state index >= 15 is 0 Å². The van der Waals surface area contributed by atoms with E-state index in [1.807, 2.05) is 20.8 Å². The Labute approximate surface area is 97.2 Å². The molecule has 1 atom stereocenters. The SMILES string of the molecule is CCCNC(=O)CCNC(=O)[C@@H](N)C(C)C. The summed E-state index contributed by atoms with van der Waals surface area (Å²) in [4.78, 5) is 22.6. The number of hydrogen-bond donors (Lipinski definition) is 3. The third-order valence-electron chi connectivity index (χ3n) is 2.24.